The van der Waals surface area contributed by atoms with Gasteiger partial charge in [-0.25, -0.2) is 4.98 Å². The van der Waals surface area contributed by atoms with Gasteiger partial charge in [0, 0.05) is 38.2 Å². The Morgan fingerprint density at radius 1 is 1.26 bits per heavy atom. The lowest BCUT2D eigenvalue weighted by atomic mass is 10.2. The number of hydrogen-bond acceptors (Lipinski definition) is 5. The Morgan fingerprint density at radius 3 is 2.83 bits per heavy atom. The molecule has 3 rings (SSSR count). The van der Waals surface area contributed by atoms with E-state index in [9.17, 15) is 4.79 Å². The summed E-state index contributed by atoms with van der Waals surface area (Å²) in [5.41, 5.74) is 0.682. The van der Waals surface area contributed by atoms with Crippen molar-refractivity contribution in [2.75, 3.05) is 19.3 Å². The highest BCUT2D eigenvalue weighted by atomic mass is 32.2. The van der Waals surface area contributed by atoms with E-state index in [2.05, 4.69) is 33.6 Å². The van der Waals surface area contributed by atoms with Crippen LogP contribution in [0.4, 0.5) is 0 Å². The van der Waals surface area contributed by atoms with E-state index in [1.807, 2.05) is 23.3 Å². The fraction of sp³-hybridized carbons (Fsp3) is 0.500. The lowest BCUT2D eigenvalue weighted by Crippen LogP contribution is -2.34. The first-order chi connectivity index (χ1) is 11.1. The highest BCUT2D eigenvalue weighted by molar-refractivity contribution is 7.98. The van der Waals surface area contributed by atoms with Crippen molar-refractivity contribution >= 4 is 17.7 Å². The number of thioether (sulfide) groups is 1. The number of rotatable bonds is 3. The fourth-order valence-corrected chi connectivity index (χ4v) is 3.40. The Bertz CT molecular complexity index is 712. The Morgan fingerprint density at radius 2 is 2.09 bits per heavy atom. The smallest absolute Gasteiger partial charge is 0.256 e. The molecule has 7 heteroatoms. The first-order valence-corrected chi connectivity index (χ1v) is 9.04. The fourth-order valence-electron chi connectivity index (χ4n) is 2.86. The lowest BCUT2D eigenvalue weighted by molar-refractivity contribution is 0.0754. The highest BCUT2D eigenvalue weighted by Crippen LogP contribution is 2.21. The third kappa shape index (κ3) is 3.10. The third-order valence-electron chi connectivity index (χ3n) is 4.05. The Kier molecular flexibility index (Phi) is 4.66. The van der Waals surface area contributed by atoms with E-state index in [1.165, 1.54) is 11.8 Å². The van der Waals surface area contributed by atoms with Crippen molar-refractivity contribution in [2.24, 2.45) is 0 Å². The molecule has 122 valence electrons. The Labute approximate surface area is 140 Å². The maximum atomic E-state index is 12.9. The molecule has 1 aliphatic heterocycles. The van der Waals surface area contributed by atoms with Gasteiger partial charge >= 0.3 is 0 Å². The molecule has 0 radical (unpaired) electrons. The summed E-state index contributed by atoms with van der Waals surface area (Å²) in [5.74, 6) is 2.35. The van der Waals surface area contributed by atoms with Gasteiger partial charge in [0.25, 0.3) is 5.91 Å². The second-order valence-corrected chi connectivity index (χ2v) is 6.68. The molecule has 2 aromatic rings. The maximum Gasteiger partial charge on any atom is 0.256 e. The largest absolute Gasteiger partial charge is 0.336 e. The molecule has 6 nitrogen and oxygen atoms in total. The molecule has 0 unspecified atom stereocenters. The summed E-state index contributed by atoms with van der Waals surface area (Å²) in [5, 5.41) is 9.37. The zero-order valence-corrected chi connectivity index (χ0v) is 14.5. The van der Waals surface area contributed by atoms with E-state index in [0.717, 1.165) is 29.6 Å². The molecular weight excluding hydrogens is 310 g/mol. The van der Waals surface area contributed by atoms with Crippen molar-refractivity contribution in [3.05, 3.63) is 35.5 Å². The van der Waals surface area contributed by atoms with Gasteiger partial charge in [0.1, 0.15) is 16.7 Å². The quantitative estimate of drug-likeness (QED) is 0.807. The van der Waals surface area contributed by atoms with Crippen LogP contribution in [0.2, 0.25) is 0 Å². The molecule has 0 bridgehead atoms. The molecule has 0 aromatic carbocycles. The van der Waals surface area contributed by atoms with Crippen LogP contribution in [0, 0.1) is 0 Å². The highest BCUT2D eigenvalue weighted by Gasteiger charge is 2.24. The topological polar surface area (TPSA) is 63.9 Å². The number of nitrogens with zero attached hydrogens (tertiary/aromatic N) is 5. The van der Waals surface area contributed by atoms with Crippen LogP contribution < -0.4 is 0 Å². The monoisotopic (exact) mass is 331 g/mol. The van der Waals surface area contributed by atoms with Gasteiger partial charge in [-0.1, -0.05) is 13.8 Å². The van der Waals surface area contributed by atoms with E-state index in [-0.39, 0.29) is 5.91 Å². The summed E-state index contributed by atoms with van der Waals surface area (Å²) >= 11 is 1.50. The molecule has 1 aliphatic rings. The summed E-state index contributed by atoms with van der Waals surface area (Å²) < 4.78 is 2.16. The van der Waals surface area contributed by atoms with Crippen molar-refractivity contribution in [1.29, 1.82) is 0 Å². The van der Waals surface area contributed by atoms with Crippen molar-refractivity contribution in [1.82, 2.24) is 24.6 Å². The molecule has 0 aliphatic carbocycles. The predicted molar refractivity (Wildman–Crippen MR) is 89.7 cm³/mol. The molecule has 3 heterocycles. The molecule has 0 saturated carbocycles. The summed E-state index contributed by atoms with van der Waals surface area (Å²) in [6.45, 7) is 6.32. The van der Waals surface area contributed by atoms with E-state index < -0.39 is 0 Å². The van der Waals surface area contributed by atoms with Gasteiger partial charge < -0.3 is 9.47 Å². The van der Waals surface area contributed by atoms with Crippen molar-refractivity contribution in [2.45, 2.75) is 37.8 Å². The summed E-state index contributed by atoms with van der Waals surface area (Å²) in [6.07, 6.45) is 4.40. The van der Waals surface area contributed by atoms with Crippen LogP contribution >= 0.6 is 11.8 Å². The van der Waals surface area contributed by atoms with E-state index in [4.69, 9.17) is 0 Å². The van der Waals surface area contributed by atoms with Crippen molar-refractivity contribution in [3.8, 4) is 0 Å². The Hall–Kier alpha value is -1.89. The SMILES string of the molecule is CSc1ncccc1C(=O)N1CCc2nnc(C(C)C)n2CC1. The van der Waals surface area contributed by atoms with Gasteiger partial charge in [-0.3, -0.25) is 4.79 Å². The number of hydrogen-bond donors (Lipinski definition) is 0. The van der Waals surface area contributed by atoms with Crippen LogP contribution in [0.3, 0.4) is 0 Å². The first-order valence-electron chi connectivity index (χ1n) is 7.82. The third-order valence-corrected chi connectivity index (χ3v) is 4.77. The molecule has 0 spiro atoms. The average molecular weight is 331 g/mol. The number of carbonyl (C=O) groups excluding carboxylic acids is 1. The van der Waals surface area contributed by atoms with Crippen molar-refractivity contribution < 1.29 is 4.79 Å². The maximum absolute atomic E-state index is 12.9. The van der Waals surface area contributed by atoms with Crippen LogP contribution in [0.25, 0.3) is 0 Å². The zero-order valence-electron chi connectivity index (χ0n) is 13.7. The van der Waals surface area contributed by atoms with Crippen LogP contribution in [0.15, 0.2) is 23.4 Å². The molecule has 0 fully saturated rings. The summed E-state index contributed by atoms with van der Waals surface area (Å²) in [4.78, 5) is 19.0. The molecule has 1 amide bonds. The molecule has 0 N–H and O–H groups in total. The normalized spacial score (nSPS) is 14.7. The van der Waals surface area contributed by atoms with Gasteiger partial charge in [-0.05, 0) is 18.4 Å². The van der Waals surface area contributed by atoms with Gasteiger partial charge in [0.2, 0.25) is 0 Å². The van der Waals surface area contributed by atoms with Crippen LogP contribution in [-0.4, -0.2) is 49.9 Å². The minimum absolute atomic E-state index is 0.0484. The number of fused-ring (bicyclic) bond motifs is 1. The standard InChI is InChI=1S/C16H21N5OS/c1-11(2)14-19-18-13-6-8-20(9-10-21(13)14)16(22)12-5-4-7-17-15(12)23-3/h4-5,7,11H,6,8-10H2,1-3H3. The average Bonchev–Trinajstić information content (AvgIpc) is 2.86. The minimum atomic E-state index is 0.0484. The van der Waals surface area contributed by atoms with Crippen molar-refractivity contribution in [3.63, 3.8) is 0 Å². The number of pyridine rings is 1. The summed E-state index contributed by atoms with van der Waals surface area (Å²) in [7, 11) is 0. The van der Waals surface area contributed by atoms with Crippen LogP contribution in [0.1, 0.15) is 41.8 Å². The van der Waals surface area contributed by atoms with Gasteiger partial charge in [-0.2, -0.15) is 0 Å². The molecule has 2 aromatic heterocycles. The van der Waals surface area contributed by atoms with Gasteiger partial charge in [0.15, 0.2) is 0 Å². The van der Waals surface area contributed by atoms with E-state index in [0.29, 0.717) is 24.6 Å². The first kappa shape index (κ1) is 16.0. The zero-order chi connectivity index (χ0) is 16.4. The lowest BCUT2D eigenvalue weighted by Gasteiger charge is -2.21. The molecule has 0 atom stereocenters. The second-order valence-electron chi connectivity index (χ2n) is 5.88. The van der Waals surface area contributed by atoms with Gasteiger partial charge in [0.05, 0.1) is 5.56 Å². The second kappa shape index (κ2) is 6.70. The Balaban J connectivity index is 1.80. The molecule has 0 saturated heterocycles. The predicted octanol–water partition coefficient (Wildman–Crippen LogP) is 2.22. The van der Waals surface area contributed by atoms with Gasteiger partial charge in [-0.15, -0.1) is 22.0 Å². The molecular formula is C16H21N5OS. The minimum Gasteiger partial charge on any atom is -0.336 e. The number of aromatic nitrogens is 4. The number of amides is 1. The number of carbonyl (C=O) groups is 1. The van der Waals surface area contributed by atoms with Crippen LogP contribution in [0.5, 0.6) is 0 Å². The summed E-state index contributed by atoms with van der Waals surface area (Å²) in [6, 6.07) is 3.67. The van der Waals surface area contributed by atoms with E-state index in [1.54, 1.807) is 6.20 Å². The van der Waals surface area contributed by atoms with Crippen LogP contribution in [-0.2, 0) is 13.0 Å². The molecule has 23 heavy (non-hydrogen) atoms. The van der Waals surface area contributed by atoms with E-state index >= 15 is 0 Å².